The number of carbonyl (C=O) groups excluding carboxylic acids is 1. The minimum atomic E-state index is -0.311. The Morgan fingerprint density at radius 2 is 1.91 bits per heavy atom. The van der Waals surface area contributed by atoms with E-state index in [0.29, 0.717) is 41.5 Å². The summed E-state index contributed by atoms with van der Waals surface area (Å²) in [7, 11) is 1.52. The second-order valence-corrected chi connectivity index (χ2v) is 8.81. The Hall–Kier alpha value is -3.98. The number of nitrogens with zero attached hydrogens (tertiary/aromatic N) is 5. The number of hydrogen-bond donors (Lipinski definition) is 1. The average Bonchev–Trinajstić information content (AvgIpc) is 3.25. The lowest BCUT2D eigenvalue weighted by Crippen LogP contribution is -2.44. The lowest BCUT2D eigenvalue weighted by molar-refractivity contribution is 0.0967. The van der Waals surface area contributed by atoms with Crippen LogP contribution in [0.15, 0.2) is 65.7 Å². The molecule has 0 radical (unpaired) electrons. The number of carbonyl (C=O) groups is 1. The average molecular weight is 473 g/mol. The van der Waals surface area contributed by atoms with Gasteiger partial charge in [0.15, 0.2) is 16.9 Å². The molecule has 35 heavy (non-hydrogen) atoms. The van der Waals surface area contributed by atoms with Gasteiger partial charge in [-0.05, 0) is 30.5 Å². The van der Waals surface area contributed by atoms with Crippen molar-refractivity contribution in [2.45, 2.75) is 32.0 Å². The summed E-state index contributed by atoms with van der Waals surface area (Å²) in [6.45, 7) is 1.78. The Morgan fingerprint density at radius 3 is 2.69 bits per heavy atom. The van der Waals surface area contributed by atoms with Crippen LogP contribution in [0.4, 0.5) is 5.95 Å². The van der Waals surface area contributed by atoms with Crippen molar-refractivity contribution in [3.8, 4) is 5.75 Å². The van der Waals surface area contributed by atoms with E-state index >= 15 is 0 Å². The molecule has 4 aromatic rings. The molecule has 3 heterocycles. The molecular formula is C26H28N6O3. The Morgan fingerprint density at radius 1 is 1.14 bits per heavy atom. The quantitative estimate of drug-likeness (QED) is 0.412. The molecule has 2 aromatic carbocycles. The van der Waals surface area contributed by atoms with Crippen molar-refractivity contribution < 1.29 is 9.53 Å². The van der Waals surface area contributed by atoms with E-state index in [1.54, 1.807) is 24.3 Å². The topological polar surface area (TPSA) is 108 Å². The third-order valence-corrected chi connectivity index (χ3v) is 6.36. The summed E-state index contributed by atoms with van der Waals surface area (Å²) in [4.78, 5) is 38.0. The molecular weight excluding hydrogens is 444 g/mol. The number of fused-ring (bicyclic) bond motifs is 1. The fourth-order valence-electron chi connectivity index (χ4n) is 4.62. The molecule has 0 saturated carbocycles. The number of anilines is 1. The summed E-state index contributed by atoms with van der Waals surface area (Å²) < 4.78 is 8.56. The normalized spacial score (nSPS) is 15.9. The number of aromatic nitrogens is 4. The van der Waals surface area contributed by atoms with Gasteiger partial charge in [0, 0.05) is 19.1 Å². The van der Waals surface area contributed by atoms with Crippen LogP contribution in [0.1, 0.15) is 28.8 Å². The Labute approximate surface area is 202 Å². The molecule has 1 fully saturated rings. The number of benzene rings is 2. The van der Waals surface area contributed by atoms with Crippen LogP contribution in [-0.4, -0.2) is 51.1 Å². The van der Waals surface area contributed by atoms with Gasteiger partial charge in [0.2, 0.25) is 5.95 Å². The van der Waals surface area contributed by atoms with Crippen LogP contribution in [0.25, 0.3) is 11.2 Å². The van der Waals surface area contributed by atoms with Gasteiger partial charge in [0.05, 0.1) is 25.8 Å². The second kappa shape index (κ2) is 9.71. The Kier molecular flexibility index (Phi) is 6.33. The number of Topliss-reactive ketones (excluding diaryl/α,β-unsaturated/α-hetero) is 1. The minimum Gasteiger partial charge on any atom is -0.496 e. The van der Waals surface area contributed by atoms with Crippen molar-refractivity contribution in [2.75, 3.05) is 25.1 Å². The number of rotatable bonds is 7. The number of methoxy groups -OCH3 is 1. The first-order chi connectivity index (χ1) is 17.0. The number of ether oxygens (including phenoxy) is 1. The number of ketones is 1. The minimum absolute atomic E-state index is 0.0526. The molecule has 5 rings (SSSR count). The number of para-hydroxylation sites is 1. The van der Waals surface area contributed by atoms with Crippen molar-refractivity contribution in [1.29, 1.82) is 0 Å². The van der Waals surface area contributed by atoms with Crippen LogP contribution >= 0.6 is 0 Å². The van der Waals surface area contributed by atoms with Gasteiger partial charge in [0.1, 0.15) is 12.1 Å². The van der Waals surface area contributed by atoms with E-state index in [-0.39, 0.29) is 23.9 Å². The summed E-state index contributed by atoms with van der Waals surface area (Å²) in [5.74, 6) is 0.914. The smallest absolute Gasteiger partial charge is 0.280 e. The highest BCUT2D eigenvalue weighted by molar-refractivity contribution is 5.98. The van der Waals surface area contributed by atoms with Crippen molar-refractivity contribution in [3.05, 3.63) is 82.4 Å². The lowest BCUT2D eigenvalue weighted by atomic mass is 10.1. The third kappa shape index (κ3) is 4.54. The van der Waals surface area contributed by atoms with Crippen LogP contribution in [0, 0.1) is 0 Å². The van der Waals surface area contributed by atoms with Crippen molar-refractivity contribution in [3.63, 3.8) is 0 Å². The van der Waals surface area contributed by atoms with E-state index in [4.69, 9.17) is 15.5 Å². The zero-order chi connectivity index (χ0) is 24.4. The molecule has 1 aliphatic heterocycles. The van der Waals surface area contributed by atoms with Gasteiger partial charge in [-0.25, -0.2) is 4.98 Å². The molecule has 9 heteroatoms. The van der Waals surface area contributed by atoms with Crippen LogP contribution in [0.5, 0.6) is 5.75 Å². The van der Waals surface area contributed by atoms with Crippen LogP contribution in [0.3, 0.4) is 0 Å². The van der Waals surface area contributed by atoms with E-state index in [0.717, 1.165) is 24.9 Å². The van der Waals surface area contributed by atoms with E-state index in [1.807, 2.05) is 34.9 Å². The first-order valence-corrected chi connectivity index (χ1v) is 11.7. The lowest BCUT2D eigenvalue weighted by Gasteiger charge is -2.31. The van der Waals surface area contributed by atoms with Gasteiger partial charge < -0.3 is 15.4 Å². The zero-order valence-corrected chi connectivity index (χ0v) is 19.6. The number of hydrogen-bond acceptors (Lipinski definition) is 7. The summed E-state index contributed by atoms with van der Waals surface area (Å²) in [5, 5.41) is 0. The number of piperidine rings is 1. The first-order valence-electron chi connectivity index (χ1n) is 11.7. The Balaban J connectivity index is 1.58. The predicted octanol–water partition coefficient (Wildman–Crippen LogP) is 2.46. The molecule has 2 aromatic heterocycles. The highest BCUT2D eigenvalue weighted by atomic mass is 16.5. The molecule has 9 nitrogen and oxygen atoms in total. The van der Waals surface area contributed by atoms with Crippen molar-refractivity contribution in [2.24, 2.45) is 5.73 Å². The zero-order valence-electron chi connectivity index (χ0n) is 19.6. The first kappa shape index (κ1) is 22.8. The maximum atomic E-state index is 13.7. The van der Waals surface area contributed by atoms with Crippen molar-refractivity contribution >= 4 is 22.9 Å². The largest absolute Gasteiger partial charge is 0.496 e. The highest BCUT2D eigenvalue weighted by Crippen LogP contribution is 2.24. The van der Waals surface area contributed by atoms with Gasteiger partial charge in [-0.15, -0.1) is 0 Å². The summed E-state index contributed by atoms with van der Waals surface area (Å²) in [6, 6.07) is 16.9. The molecule has 1 saturated heterocycles. The maximum absolute atomic E-state index is 13.7. The van der Waals surface area contributed by atoms with Crippen molar-refractivity contribution in [1.82, 2.24) is 19.1 Å². The molecule has 2 N–H and O–H groups in total. The molecule has 0 aliphatic carbocycles. The number of nitrogens with two attached hydrogens (primary N) is 1. The van der Waals surface area contributed by atoms with Crippen LogP contribution in [0.2, 0.25) is 0 Å². The summed E-state index contributed by atoms with van der Waals surface area (Å²) in [6.07, 6.45) is 3.32. The van der Waals surface area contributed by atoms with Gasteiger partial charge in [-0.3, -0.25) is 18.7 Å². The van der Waals surface area contributed by atoms with Crippen LogP contribution < -0.4 is 20.9 Å². The summed E-state index contributed by atoms with van der Waals surface area (Å²) in [5.41, 5.74) is 8.12. The van der Waals surface area contributed by atoms with Gasteiger partial charge in [-0.2, -0.15) is 4.98 Å². The number of imidazole rings is 1. The van der Waals surface area contributed by atoms with E-state index in [9.17, 15) is 9.59 Å². The Bertz CT molecular complexity index is 1410. The standard InChI is InChI=1S/C26H28N6O3/c1-35-22-12-6-5-11-20(22)21(33)16-31-17-28-24-23(25(31)34)32(14-18-8-3-2-4-9-18)26(29-24)30-13-7-10-19(27)15-30/h2-6,8-9,11-12,17,19H,7,10,13-16,27H2,1H3. The second-order valence-electron chi connectivity index (χ2n) is 8.81. The van der Waals surface area contributed by atoms with Crippen LogP contribution in [-0.2, 0) is 13.1 Å². The molecule has 0 bridgehead atoms. The summed E-state index contributed by atoms with van der Waals surface area (Å²) >= 11 is 0. The molecule has 0 spiro atoms. The molecule has 1 aliphatic rings. The van der Waals surface area contributed by atoms with Gasteiger partial charge in [-0.1, -0.05) is 42.5 Å². The molecule has 1 unspecified atom stereocenters. The molecule has 180 valence electrons. The maximum Gasteiger partial charge on any atom is 0.280 e. The van der Waals surface area contributed by atoms with Gasteiger partial charge >= 0.3 is 0 Å². The third-order valence-electron chi connectivity index (χ3n) is 6.36. The fourth-order valence-corrected chi connectivity index (χ4v) is 4.62. The van der Waals surface area contributed by atoms with E-state index in [2.05, 4.69) is 9.88 Å². The molecule has 0 amide bonds. The van der Waals surface area contributed by atoms with E-state index < -0.39 is 0 Å². The highest BCUT2D eigenvalue weighted by Gasteiger charge is 2.25. The van der Waals surface area contributed by atoms with E-state index in [1.165, 1.54) is 18.0 Å². The molecule has 1 atom stereocenters. The monoisotopic (exact) mass is 472 g/mol. The SMILES string of the molecule is COc1ccccc1C(=O)Cn1cnc2nc(N3CCCC(N)C3)n(Cc3ccccc3)c2c1=O. The fraction of sp³-hybridized carbons (Fsp3) is 0.308. The van der Waals surface area contributed by atoms with Gasteiger partial charge in [0.25, 0.3) is 5.56 Å². The predicted molar refractivity (Wildman–Crippen MR) is 134 cm³/mol.